The van der Waals surface area contributed by atoms with Crippen LogP contribution >= 0.6 is 27.5 Å². The van der Waals surface area contributed by atoms with Crippen molar-refractivity contribution in [2.75, 3.05) is 36.4 Å². The van der Waals surface area contributed by atoms with E-state index in [1.54, 1.807) is 13.0 Å². The fraction of sp³-hybridized carbons (Fsp3) is 0.263. The van der Waals surface area contributed by atoms with Crippen LogP contribution in [0.15, 0.2) is 46.9 Å². The van der Waals surface area contributed by atoms with Gasteiger partial charge >= 0.3 is 0 Å². The molecule has 0 atom stereocenters. The Morgan fingerprint density at radius 1 is 1.04 bits per heavy atom. The van der Waals surface area contributed by atoms with Crippen molar-refractivity contribution in [3.63, 3.8) is 0 Å². The smallest absolute Gasteiger partial charge is 0.256 e. The molecule has 0 spiro atoms. The van der Waals surface area contributed by atoms with E-state index in [-0.39, 0.29) is 11.8 Å². The van der Waals surface area contributed by atoms with E-state index < -0.39 is 0 Å². The minimum atomic E-state index is -0.205. The van der Waals surface area contributed by atoms with Crippen molar-refractivity contribution in [3.05, 3.63) is 57.5 Å². The van der Waals surface area contributed by atoms with E-state index in [1.807, 2.05) is 41.3 Å². The highest BCUT2D eigenvalue weighted by Crippen LogP contribution is 2.35. The van der Waals surface area contributed by atoms with Crippen LogP contribution in [0.25, 0.3) is 0 Å². The summed E-state index contributed by atoms with van der Waals surface area (Å²) in [6.07, 6.45) is 0. The number of hydrogen-bond acceptors (Lipinski definition) is 3. The lowest BCUT2D eigenvalue weighted by molar-refractivity contribution is -0.129. The maximum Gasteiger partial charge on any atom is 0.256 e. The number of benzene rings is 2. The highest BCUT2D eigenvalue weighted by atomic mass is 79.9. The number of carbonyl (C=O) groups excluding carboxylic acids is 2. The highest BCUT2D eigenvalue weighted by Gasteiger charge is 2.23. The van der Waals surface area contributed by atoms with Crippen molar-refractivity contribution in [2.24, 2.45) is 0 Å². The zero-order valence-electron chi connectivity index (χ0n) is 14.3. The molecule has 0 bridgehead atoms. The van der Waals surface area contributed by atoms with E-state index in [1.165, 1.54) is 0 Å². The Labute approximate surface area is 166 Å². The molecule has 26 heavy (non-hydrogen) atoms. The van der Waals surface area contributed by atoms with Crippen LogP contribution in [0.1, 0.15) is 17.3 Å². The topological polar surface area (TPSA) is 52.7 Å². The molecule has 1 aliphatic rings. The summed E-state index contributed by atoms with van der Waals surface area (Å²) < 4.78 is 0.733. The van der Waals surface area contributed by atoms with Crippen molar-refractivity contribution in [1.29, 1.82) is 0 Å². The summed E-state index contributed by atoms with van der Waals surface area (Å²) in [5, 5.41) is 3.54. The molecule has 1 saturated heterocycles. The van der Waals surface area contributed by atoms with Gasteiger partial charge in [-0.15, -0.1) is 0 Å². The number of amides is 2. The van der Waals surface area contributed by atoms with Crippen LogP contribution in [-0.2, 0) is 4.79 Å². The molecule has 2 aromatic carbocycles. The number of nitrogens with one attached hydrogen (secondary N) is 1. The first kappa shape index (κ1) is 18.7. The standard InChI is InChI=1S/C19H19BrClN3O2/c1-13(25)23-9-11-24(12-10-23)18-16(21)7-4-8-17(18)22-19(26)14-5-2-3-6-15(14)20/h2-8H,9-12H2,1H3,(H,22,26). The number of piperazine rings is 1. The molecule has 1 fully saturated rings. The first-order valence-corrected chi connectivity index (χ1v) is 9.49. The molecule has 7 heteroatoms. The Hall–Kier alpha value is -2.05. The van der Waals surface area contributed by atoms with Crippen molar-refractivity contribution in [1.82, 2.24) is 4.90 Å². The van der Waals surface area contributed by atoms with Crippen LogP contribution in [0, 0.1) is 0 Å². The van der Waals surface area contributed by atoms with Crippen LogP contribution in [0.3, 0.4) is 0 Å². The molecule has 0 aromatic heterocycles. The first-order valence-electron chi connectivity index (χ1n) is 8.32. The number of carbonyl (C=O) groups is 2. The number of rotatable bonds is 3. The number of para-hydroxylation sites is 1. The summed E-state index contributed by atoms with van der Waals surface area (Å²) >= 11 is 9.84. The maximum absolute atomic E-state index is 12.7. The monoisotopic (exact) mass is 435 g/mol. The van der Waals surface area contributed by atoms with Gasteiger partial charge in [0.15, 0.2) is 0 Å². The summed E-state index contributed by atoms with van der Waals surface area (Å²) in [6.45, 7) is 4.19. The summed E-state index contributed by atoms with van der Waals surface area (Å²) in [6, 6.07) is 12.7. The van der Waals surface area contributed by atoms with Gasteiger partial charge < -0.3 is 15.1 Å². The third kappa shape index (κ3) is 4.02. The number of nitrogens with zero attached hydrogens (tertiary/aromatic N) is 2. The normalized spacial score (nSPS) is 14.3. The van der Waals surface area contributed by atoms with Crippen molar-refractivity contribution in [3.8, 4) is 0 Å². The Balaban J connectivity index is 1.83. The van der Waals surface area contributed by atoms with Gasteiger partial charge in [-0.2, -0.15) is 0 Å². The van der Waals surface area contributed by atoms with E-state index in [4.69, 9.17) is 11.6 Å². The van der Waals surface area contributed by atoms with Crippen LogP contribution < -0.4 is 10.2 Å². The molecule has 0 radical (unpaired) electrons. The molecule has 2 aromatic rings. The minimum absolute atomic E-state index is 0.0752. The molecule has 1 N–H and O–H groups in total. The van der Waals surface area contributed by atoms with Crippen molar-refractivity contribution in [2.45, 2.75) is 6.92 Å². The zero-order valence-corrected chi connectivity index (χ0v) is 16.7. The molecule has 5 nitrogen and oxygen atoms in total. The summed E-state index contributed by atoms with van der Waals surface area (Å²) in [5.41, 5.74) is 2.01. The molecule has 0 aliphatic carbocycles. The van der Waals surface area contributed by atoms with Crippen LogP contribution in [0.2, 0.25) is 5.02 Å². The number of halogens is 2. The fourth-order valence-corrected chi connectivity index (χ4v) is 3.78. The Morgan fingerprint density at radius 2 is 1.73 bits per heavy atom. The molecule has 0 unspecified atom stereocenters. The molecule has 1 aliphatic heterocycles. The van der Waals surface area contributed by atoms with Gasteiger partial charge in [-0.25, -0.2) is 0 Å². The maximum atomic E-state index is 12.7. The van der Waals surface area contributed by atoms with Gasteiger partial charge in [0.25, 0.3) is 5.91 Å². The number of anilines is 2. The number of hydrogen-bond donors (Lipinski definition) is 1. The first-order chi connectivity index (χ1) is 12.5. The van der Waals surface area contributed by atoms with Crippen LogP contribution in [0.4, 0.5) is 11.4 Å². The van der Waals surface area contributed by atoms with E-state index >= 15 is 0 Å². The second-order valence-corrected chi connectivity index (χ2v) is 7.32. The van der Waals surface area contributed by atoms with Gasteiger partial charge in [0, 0.05) is 37.6 Å². The third-order valence-electron chi connectivity index (χ3n) is 4.39. The summed E-state index contributed by atoms with van der Waals surface area (Å²) in [4.78, 5) is 28.1. The molecule has 2 amide bonds. The summed E-state index contributed by atoms with van der Waals surface area (Å²) in [7, 11) is 0. The molecular weight excluding hydrogens is 418 g/mol. The Kier molecular flexibility index (Phi) is 5.84. The molecule has 0 saturated carbocycles. The lowest BCUT2D eigenvalue weighted by atomic mass is 10.1. The second-order valence-electron chi connectivity index (χ2n) is 6.06. The van der Waals surface area contributed by atoms with E-state index in [0.717, 1.165) is 10.2 Å². The van der Waals surface area contributed by atoms with Gasteiger partial charge in [0.1, 0.15) is 0 Å². The predicted molar refractivity (Wildman–Crippen MR) is 108 cm³/mol. The molecule has 136 valence electrons. The van der Waals surface area contributed by atoms with Gasteiger partial charge in [0.05, 0.1) is 22.0 Å². The largest absolute Gasteiger partial charge is 0.365 e. The third-order valence-corrected chi connectivity index (χ3v) is 5.39. The van der Waals surface area contributed by atoms with Crippen molar-refractivity contribution >= 4 is 50.7 Å². The van der Waals surface area contributed by atoms with Crippen LogP contribution in [0.5, 0.6) is 0 Å². The molecule has 1 heterocycles. The lowest BCUT2D eigenvalue weighted by Crippen LogP contribution is -2.48. The van der Waals surface area contributed by atoms with Crippen LogP contribution in [-0.4, -0.2) is 42.9 Å². The Morgan fingerprint density at radius 3 is 2.38 bits per heavy atom. The van der Waals surface area contributed by atoms with Gasteiger partial charge in [0.2, 0.25) is 5.91 Å². The van der Waals surface area contributed by atoms with Crippen molar-refractivity contribution < 1.29 is 9.59 Å². The fourth-order valence-electron chi connectivity index (χ4n) is 3.02. The van der Waals surface area contributed by atoms with Gasteiger partial charge in [-0.1, -0.05) is 29.8 Å². The highest BCUT2D eigenvalue weighted by molar-refractivity contribution is 9.10. The molecule has 3 rings (SSSR count). The average Bonchev–Trinajstić information content (AvgIpc) is 2.62. The van der Waals surface area contributed by atoms with Gasteiger partial charge in [-0.3, -0.25) is 9.59 Å². The average molecular weight is 437 g/mol. The summed E-state index contributed by atoms with van der Waals surface area (Å²) in [5.74, 6) is -0.130. The predicted octanol–water partition coefficient (Wildman–Crippen LogP) is 4.02. The lowest BCUT2D eigenvalue weighted by Gasteiger charge is -2.37. The minimum Gasteiger partial charge on any atom is -0.365 e. The van der Waals surface area contributed by atoms with E-state index in [2.05, 4.69) is 26.1 Å². The van der Waals surface area contributed by atoms with E-state index in [0.29, 0.717) is 42.5 Å². The SMILES string of the molecule is CC(=O)N1CCN(c2c(Cl)cccc2NC(=O)c2ccccc2Br)CC1. The zero-order chi connectivity index (χ0) is 18.7. The quantitative estimate of drug-likeness (QED) is 0.790. The second kappa shape index (κ2) is 8.10. The molecular formula is C19H19BrClN3O2. The van der Waals surface area contributed by atoms with E-state index in [9.17, 15) is 9.59 Å². The van der Waals surface area contributed by atoms with Gasteiger partial charge in [-0.05, 0) is 40.2 Å². The Bertz CT molecular complexity index is 835.